The Labute approximate surface area is 423 Å². The van der Waals surface area contributed by atoms with Crippen molar-refractivity contribution in [1.82, 2.24) is 0 Å². The Morgan fingerprint density at radius 1 is 0.338 bits per heavy atom. The number of ether oxygens (including phenoxy) is 2. The topological polar surface area (TPSA) is 108 Å². The van der Waals surface area contributed by atoms with Crippen LogP contribution < -0.4 is 0 Å². The van der Waals surface area contributed by atoms with Gasteiger partial charge in [0, 0.05) is 12.8 Å². The number of phosphoric acid groups is 1. The number of phosphoric ester groups is 1. The Balaban J connectivity index is 3.82. The zero-order valence-electron chi connectivity index (χ0n) is 45.8. The molecular weight excluding hydrogens is 868 g/mol. The maximum atomic E-state index is 12.7. The van der Waals surface area contributed by atoms with Gasteiger partial charge >= 0.3 is 19.8 Å². The van der Waals surface area contributed by atoms with Crippen molar-refractivity contribution in [3.8, 4) is 0 Å². The Kier molecular flexibility index (Phi) is 54.6. The highest BCUT2D eigenvalue weighted by molar-refractivity contribution is 7.47. The Hall–Kier alpha value is -0.950. The average molecular weight is 986 g/mol. The molecule has 8 nitrogen and oxygen atoms in total. The fraction of sp³-hybridized carbons (Fsp3) is 0.966. The summed E-state index contributed by atoms with van der Waals surface area (Å²) in [5, 5.41) is 0. The zero-order valence-corrected chi connectivity index (χ0v) is 46.7. The van der Waals surface area contributed by atoms with Crippen LogP contribution in [0.5, 0.6) is 0 Å². The molecular formula is C59H117O8P. The summed E-state index contributed by atoms with van der Waals surface area (Å²) < 4.78 is 33.0. The van der Waals surface area contributed by atoms with E-state index in [1.807, 2.05) is 0 Å². The van der Waals surface area contributed by atoms with E-state index in [1.165, 1.54) is 270 Å². The number of unbranched alkanes of at least 4 members (excludes halogenated alkanes) is 46. The largest absolute Gasteiger partial charge is 0.472 e. The minimum absolute atomic E-state index is 0.00632. The van der Waals surface area contributed by atoms with Gasteiger partial charge in [-0.1, -0.05) is 309 Å². The Morgan fingerprint density at radius 2 is 0.574 bits per heavy atom. The monoisotopic (exact) mass is 985 g/mol. The van der Waals surface area contributed by atoms with E-state index >= 15 is 0 Å². The van der Waals surface area contributed by atoms with Gasteiger partial charge in [-0.05, 0) is 19.8 Å². The van der Waals surface area contributed by atoms with E-state index < -0.39 is 19.9 Å². The van der Waals surface area contributed by atoms with Crippen molar-refractivity contribution < 1.29 is 37.6 Å². The van der Waals surface area contributed by atoms with Gasteiger partial charge in [0.1, 0.15) is 6.61 Å². The van der Waals surface area contributed by atoms with Crippen LogP contribution in [0.4, 0.5) is 0 Å². The summed E-state index contributed by atoms with van der Waals surface area (Å²) in [5.41, 5.74) is 0. The number of rotatable bonds is 58. The molecule has 0 heterocycles. The van der Waals surface area contributed by atoms with Crippen LogP contribution in [0.25, 0.3) is 0 Å². The molecule has 0 saturated carbocycles. The molecule has 0 aliphatic rings. The van der Waals surface area contributed by atoms with Crippen LogP contribution in [0.1, 0.15) is 342 Å². The van der Waals surface area contributed by atoms with Crippen LogP contribution in [0.2, 0.25) is 0 Å². The molecule has 0 aliphatic carbocycles. The molecule has 406 valence electrons. The van der Waals surface area contributed by atoms with Crippen molar-refractivity contribution in [1.29, 1.82) is 0 Å². The highest BCUT2D eigenvalue weighted by atomic mass is 31.2. The molecule has 0 spiro atoms. The number of esters is 2. The molecule has 0 bridgehead atoms. The van der Waals surface area contributed by atoms with Crippen LogP contribution in [-0.4, -0.2) is 42.8 Å². The lowest BCUT2D eigenvalue weighted by atomic mass is 10.0. The van der Waals surface area contributed by atoms with E-state index in [4.69, 9.17) is 18.5 Å². The Bertz CT molecular complexity index is 1070. The standard InChI is InChI=1S/C59H117O8P/c1-4-7-9-11-13-15-17-19-21-23-25-27-29-31-33-35-37-39-41-43-45-47-49-51-53-58(60)64-55-57(56-66-68(62,63)65-6-3)67-59(61)54-52-50-48-46-44-42-40-38-36-34-32-30-28-26-24-22-20-18-16-14-12-10-8-5-2/h57H,4-56H2,1-3H3,(H,62,63). The van der Waals surface area contributed by atoms with E-state index in [1.54, 1.807) is 6.92 Å². The van der Waals surface area contributed by atoms with Gasteiger partial charge < -0.3 is 14.4 Å². The maximum absolute atomic E-state index is 12.7. The second-order valence-corrected chi connectivity index (χ2v) is 22.2. The van der Waals surface area contributed by atoms with Gasteiger partial charge in [-0.2, -0.15) is 0 Å². The van der Waals surface area contributed by atoms with E-state index in [0.717, 1.165) is 38.5 Å². The predicted molar refractivity (Wildman–Crippen MR) is 290 cm³/mol. The second kappa shape index (κ2) is 55.4. The van der Waals surface area contributed by atoms with Gasteiger partial charge in [0.2, 0.25) is 0 Å². The lowest BCUT2D eigenvalue weighted by molar-refractivity contribution is -0.161. The molecule has 0 aromatic rings. The molecule has 0 amide bonds. The normalized spacial score (nSPS) is 12.9. The second-order valence-electron chi connectivity index (χ2n) is 20.7. The summed E-state index contributed by atoms with van der Waals surface area (Å²) in [4.78, 5) is 35.1. The van der Waals surface area contributed by atoms with Crippen LogP contribution in [0, 0.1) is 0 Å². The van der Waals surface area contributed by atoms with Gasteiger partial charge in [0.05, 0.1) is 13.2 Å². The van der Waals surface area contributed by atoms with Crippen LogP contribution >= 0.6 is 7.82 Å². The molecule has 0 aromatic heterocycles. The van der Waals surface area contributed by atoms with E-state index in [2.05, 4.69) is 13.8 Å². The van der Waals surface area contributed by atoms with Crippen LogP contribution in [-0.2, 0) is 32.7 Å². The SMILES string of the molecule is CCCCCCCCCCCCCCCCCCCCCCCCCCC(=O)OCC(COP(=O)(O)OCC)OC(=O)CCCCCCCCCCCCCCCCCCCCCCCCCC. The first-order valence-electron chi connectivity index (χ1n) is 30.3. The summed E-state index contributed by atoms with van der Waals surface area (Å²) in [7, 11) is -4.28. The number of carbonyl (C=O) groups excluding carboxylic acids is 2. The first-order valence-corrected chi connectivity index (χ1v) is 31.8. The van der Waals surface area contributed by atoms with E-state index in [-0.39, 0.29) is 32.2 Å². The highest BCUT2D eigenvalue weighted by Crippen LogP contribution is 2.43. The minimum Gasteiger partial charge on any atom is -0.462 e. The zero-order chi connectivity index (χ0) is 49.5. The van der Waals surface area contributed by atoms with Gasteiger partial charge in [-0.3, -0.25) is 18.6 Å². The maximum Gasteiger partial charge on any atom is 0.472 e. The van der Waals surface area contributed by atoms with Crippen molar-refractivity contribution in [2.24, 2.45) is 0 Å². The summed E-state index contributed by atoms with van der Waals surface area (Å²) in [6.07, 6.45) is 63.4. The van der Waals surface area contributed by atoms with Gasteiger partial charge in [0.15, 0.2) is 6.10 Å². The number of hydrogen-bond donors (Lipinski definition) is 1. The smallest absolute Gasteiger partial charge is 0.462 e. The van der Waals surface area contributed by atoms with Gasteiger partial charge in [-0.25, -0.2) is 4.57 Å². The first-order chi connectivity index (χ1) is 33.3. The molecule has 2 atom stereocenters. The Morgan fingerprint density at radius 3 is 0.824 bits per heavy atom. The number of carbonyl (C=O) groups is 2. The van der Waals surface area contributed by atoms with Crippen molar-refractivity contribution in [2.45, 2.75) is 348 Å². The third-order valence-electron chi connectivity index (χ3n) is 13.9. The lowest BCUT2D eigenvalue weighted by Gasteiger charge is -2.19. The molecule has 0 rings (SSSR count). The summed E-state index contributed by atoms with van der Waals surface area (Å²) in [5.74, 6) is -0.769. The van der Waals surface area contributed by atoms with Gasteiger partial charge in [-0.15, -0.1) is 0 Å². The van der Waals surface area contributed by atoms with Crippen molar-refractivity contribution in [3.63, 3.8) is 0 Å². The molecule has 1 N–H and O–H groups in total. The van der Waals surface area contributed by atoms with Crippen LogP contribution in [0.15, 0.2) is 0 Å². The lowest BCUT2D eigenvalue weighted by Crippen LogP contribution is -2.29. The molecule has 68 heavy (non-hydrogen) atoms. The molecule has 0 fully saturated rings. The van der Waals surface area contributed by atoms with E-state index in [9.17, 15) is 19.0 Å². The highest BCUT2D eigenvalue weighted by Gasteiger charge is 2.25. The molecule has 0 saturated heterocycles. The van der Waals surface area contributed by atoms with Crippen molar-refractivity contribution >= 4 is 19.8 Å². The fourth-order valence-electron chi connectivity index (χ4n) is 9.46. The van der Waals surface area contributed by atoms with Crippen molar-refractivity contribution in [3.05, 3.63) is 0 Å². The van der Waals surface area contributed by atoms with Crippen LogP contribution in [0.3, 0.4) is 0 Å². The summed E-state index contributed by atoms with van der Waals surface area (Å²) in [6.45, 7) is 5.58. The third-order valence-corrected chi connectivity index (χ3v) is 15.0. The molecule has 0 aromatic carbocycles. The average Bonchev–Trinajstić information content (AvgIpc) is 3.32. The summed E-state index contributed by atoms with van der Waals surface area (Å²) in [6, 6.07) is 0. The van der Waals surface area contributed by atoms with Gasteiger partial charge in [0.25, 0.3) is 0 Å². The summed E-state index contributed by atoms with van der Waals surface area (Å²) >= 11 is 0. The molecule has 0 aliphatic heterocycles. The fourth-order valence-corrected chi connectivity index (χ4v) is 10.2. The van der Waals surface area contributed by atoms with E-state index in [0.29, 0.717) is 6.42 Å². The van der Waals surface area contributed by atoms with Crippen molar-refractivity contribution in [2.75, 3.05) is 19.8 Å². The first kappa shape index (κ1) is 67.0. The minimum atomic E-state index is -4.28. The molecule has 0 radical (unpaired) electrons. The quantitative estimate of drug-likeness (QED) is 0.0365. The predicted octanol–water partition coefficient (Wildman–Crippen LogP) is 20.1. The molecule has 9 heteroatoms. The molecule has 2 unspecified atom stereocenters. The number of hydrogen-bond acceptors (Lipinski definition) is 7. The third kappa shape index (κ3) is 54.4.